The number of phenols is 1. The molecule has 0 radical (unpaired) electrons. The molecule has 3 heterocycles. The minimum atomic E-state index is -0.253. The highest BCUT2D eigenvalue weighted by Gasteiger charge is 2.42. The standard InChI is InChI=1S/C30H30ClN5O3S/c1-17-13-21(9-10-23(17)33-27(38)16-39-4)36-29(28(34-30(36)40)24-7-5-6-12-32-24)22-14-18(2)35(19(22)3)25-15-20(31)8-11-26(25)37/h5-15,28-29,37H,16H2,1-4H3,(H,33,38)(H,34,40)/t28-,29-/m0/s1. The summed E-state index contributed by atoms with van der Waals surface area (Å²) in [4.78, 5) is 18.9. The van der Waals surface area contributed by atoms with Gasteiger partial charge in [-0.25, -0.2) is 0 Å². The van der Waals surface area contributed by atoms with Crippen molar-refractivity contribution in [1.82, 2.24) is 14.9 Å². The Bertz CT molecular complexity index is 1590. The predicted molar refractivity (Wildman–Crippen MR) is 162 cm³/mol. The van der Waals surface area contributed by atoms with E-state index in [1.165, 1.54) is 7.11 Å². The zero-order valence-electron chi connectivity index (χ0n) is 22.6. The second kappa shape index (κ2) is 11.3. The topological polar surface area (TPSA) is 91.7 Å². The van der Waals surface area contributed by atoms with Gasteiger partial charge in [0.1, 0.15) is 12.4 Å². The molecular weight excluding hydrogens is 546 g/mol. The third-order valence-electron chi connectivity index (χ3n) is 7.10. The molecule has 5 rings (SSSR count). The number of amides is 1. The molecule has 0 unspecified atom stereocenters. The van der Waals surface area contributed by atoms with Gasteiger partial charge in [0.25, 0.3) is 0 Å². The summed E-state index contributed by atoms with van der Waals surface area (Å²) in [6.45, 7) is 5.95. The number of aromatic hydroxyl groups is 1. The molecule has 1 fully saturated rings. The first-order valence-corrected chi connectivity index (χ1v) is 13.6. The molecular formula is C30H30ClN5O3S. The number of anilines is 2. The number of carbonyl (C=O) groups excluding carboxylic acids is 1. The lowest BCUT2D eigenvalue weighted by molar-refractivity contribution is -0.119. The molecule has 0 spiro atoms. The molecule has 2 aromatic carbocycles. The van der Waals surface area contributed by atoms with Crippen LogP contribution in [-0.2, 0) is 9.53 Å². The summed E-state index contributed by atoms with van der Waals surface area (Å²) in [5.74, 6) is -0.0841. The number of phenolic OH excluding ortho intramolecular Hbond substituents is 1. The molecule has 1 aliphatic rings. The Balaban J connectivity index is 1.63. The number of thiocarbonyl (C=S) groups is 1. The Morgan fingerprint density at radius 2 is 1.95 bits per heavy atom. The van der Waals surface area contributed by atoms with Crippen molar-refractivity contribution >= 4 is 46.2 Å². The van der Waals surface area contributed by atoms with Crippen molar-refractivity contribution in [2.24, 2.45) is 0 Å². The third kappa shape index (κ3) is 5.15. The molecule has 8 nitrogen and oxygen atoms in total. The van der Waals surface area contributed by atoms with Crippen molar-refractivity contribution in [3.05, 3.63) is 100 Å². The van der Waals surface area contributed by atoms with Gasteiger partial charge in [0.05, 0.1) is 23.5 Å². The summed E-state index contributed by atoms with van der Waals surface area (Å²) in [6.07, 6.45) is 1.77. The quantitative estimate of drug-likeness (QED) is 0.236. The summed E-state index contributed by atoms with van der Waals surface area (Å²) in [5.41, 5.74) is 6.83. The summed E-state index contributed by atoms with van der Waals surface area (Å²) >= 11 is 12.2. The van der Waals surface area contributed by atoms with Gasteiger partial charge < -0.3 is 29.9 Å². The number of aromatic nitrogens is 2. The Labute approximate surface area is 243 Å². The number of nitrogens with zero attached hydrogens (tertiary/aromatic N) is 3. The zero-order chi connectivity index (χ0) is 28.6. The monoisotopic (exact) mass is 575 g/mol. The van der Waals surface area contributed by atoms with Crippen molar-refractivity contribution in [3.63, 3.8) is 0 Å². The largest absolute Gasteiger partial charge is 0.506 e. The fourth-order valence-corrected chi connectivity index (χ4v) is 5.85. The van der Waals surface area contributed by atoms with Gasteiger partial charge in [0, 0.05) is 41.1 Å². The second-order valence-electron chi connectivity index (χ2n) is 9.77. The third-order valence-corrected chi connectivity index (χ3v) is 7.65. The summed E-state index contributed by atoms with van der Waals surface area (Å²) in [6, 6.07) is 18.3. The maximum atomic E-state index is 12.1. The maximum absolute atomic E-state index is 12.1. The lowest BCUT2D eigenvalue weighted by Gasteiger charge is -2.29. The van der Waals surface area contributed by atoms with Crippen molar-refractivity contribution in [3.8, 4) is 11.4 Å². The van der Waals surface area contributed by atoms with Gasteiger partial charge in [-0.05, 0) is 98.7 Å². The number of ether oxygens (including phenoxy) is 1. The number of rotatable bonds is 7. The van der Waals surface area contributed by atoms with Crippen LogP contribution >= 0.6 is 23.8 Å². The Kier molecular flexibility index (Phi) is 7.80. The first-order chi connectivity index (χ1) is 19.2. The van der Waals surface area contributed by atoms with Gasteiger partial charge in [-0.15, -0.1) is 0 Å². The molecule has 1 saturated heterocycles. The molecule has 1 aliphatic heterocycles. The van der Waals surface area contributed by atoms with Crippen LogP contribution in [0.2, 0.25) is 5.02 Å². The van der Waals surface area contributed by atoms with Crippen LogP contribution in [0.5, 0.6) is 5.75 Å². The summed E-state index contributed by atoms with van der Waals surface area (Å²) < 4.78 is 6.95. The number of carbonyl (C=O) groups is 1. The molecule has 2 aromatic heterocycles. The fourth-order valence-electron chi connectivity index (χ4n) is 5.34. The SMILES string of the molecule is COCC(=O)Nc1ccc(N2C(=S)N[C@@H](c3ccccn3)[C@@H]2c2cc(C)n(-c3cc(Cl)ccc3O)c2C)cc1C. The van der Waals surface area contributed by atoms with E-state index in [1.807, 2.05) is 61.7 Å². The van der Waals surface area contributed by atoms with E-state index in [0.29, 0.717) is 21.5 Å². The minimum Gasteiger partial charge on any atom is -0.506 e. The van der Waals surface area contributed by atoms with Crippen LogP contribution in [0.25, 0.3) is 5.69 Å². The first-order valence-electron chi connectivity index (χ1n) is 12.8. The van der Waals surface area contributed by atoms with E-state index in [2.05, 4.69) is 26.6 Å². The molecule has 1 amide bonds. The molecule has 0 aliphatic carbocycles. The molecule has 10 heteroatoms. The normalized spacial score (nSPS) is 16.7. The molecule has 206 valence electrons. The number of aryl methyl sites for hydroxylation is 2. The van der Waals surface area contributed by atoms with Crippen molar-refractivity contribution in [2.45, 2.75) is 32.9 Å². The van der Waals surface area contributed by atoms with Crippen LogP contribution in [0.15, 0.2) is 66.9 Å². The van der Waals surface area contributed by atoms with E-state index in [1.54, 1.807) is 24.4 Å². The lowest BCUT2D eigenvalue weighted by atomic mass is 9.96. The average Bonchev–Trinajstić information content (AvgIpc) is 3.42. The Morgan fingerprint density at radius 1 is 1.15 bits per heavy atom. The molecule has 0 bridgehead atoms. The van der Waals surface area contributed by atoms with Gasteiger partial charge in [0.15, 0.2) is 5.11 Å². The van der Waals surface area contributed by atoms with Gasteiger partial charge in [-0.3, -0.25) is 9.78 Å². The van der Waals surface area contributed by atoms with E-state index in [9.17, 15) is 9.90 Å². The predicted octanol–water partition coefficient (Wildman–Crippen LogP) is 5.92. The Hall–Kier alpha value is -3.92. The van der Waals surface area contributed by atoms with Crippen molar-refractivity contribution in [2.75, 3.05) is 23.9 Å². The number of nitrogens with one attached hydrogen (secondary N) is 2. The van der Waals surface area contributed by atoms with Gasteiger partial charge in [-0.2, -0.15) is 0 Å². The molecule has 3 N–H and O–H groups in total. The number of benzene rings is 2. The second-order valence-corrected chi connectivity index (χ2v) is 10.6. The van der Waals surface area contributed by atoms with E-state index in [4.69, 9.17) is 28.6 Å². The number of methoxy groups -OCH3 is 1. The molecule has 4 aromatic rings. The van der Waals surface area contributed by atoms with E-state index < -0.39 is 0 Å². The summed E-state index contributed by atoms with van der Waals surface area (Å²) in [5, 5.41) is 18.2. The number of pyridine rings is 1. The van der Waals surface area contributed by atoms with Crippen molar-refractivity contribution in [1.29, 1.82) is 0 Å². The van der Waals surface area contributed by atoms with Crippen molar-refractivity contribution < 1.29 is 14.6 Å². The van der Waals surface area contributed by atoms with E-state index in [-0.39, 0.29) is 30.3 Å². The van der Waals surface area contributed by atoms with Crippen LogP contribution in [0, 0.1) is 20.8 Å². The van der Waals surface area contributed by atoms with Crippen LogP contribution in [0.1, 0.15) is 40.3 Å². The highest BCUT2D eigenvalue weighted by atomic mass is 35.5. The first kappa shape index (κ1) is 27.6. The lowest BCUT2D eigenvalue weighted by Crippen LogP contribution is -2.29. The van der Waals surface area contributed by atoms with E-state index >= 15 is 0 Å². The molecule has 0 saturated carbocycles. The van der Waals surface area contributed by atoms with Crippen LogP contribution in [0.3, 0.4) is 0 Å². The van der Waals surface area contributed by atoms with Gasteiger partial charge >= 0.3 is 0 Å². The van der Waals surface area contributed by atoms with Crippen LogP contribution in [-0.4, -0.2) is 39.4 Å². The fraction of sp³-hybridized carbons (Fsp3) is 0.233. The molecule has 40 heavy (non-hydrogen) atoms. The smallest absolute Gasteiger partial charge is 0.250 e. The summed E-state index contributed by atoms with van der Waals surface area (Å²) in [7, 11) is 1.49. The Morgan fingerprint density at radius 3 is 2.65 bits per heavy atom. The number of hydrogen-bond acceptors (Lipinski definition) is 5. The number of hydrogen-bond donors (Lipinski definition) is 3. The van der Waals surface area contributed by atoms with Crippen LogP contribution in [0.4, 0.5) is 11.4 Å². The van der Waals surface area contributed by atoms with Crippen LogP contribution < -0.4 is 15.5 Å². The number of halogens is 1. The minimum absolute atomic E-state index is 0.0209. The van der Waals surface area contributed by atoms with E-state index in [0.717, 1.165) is 33.9 Å². The zero-order valence-corrected chi connectivity index (χ0v) is 24.2. The molecule has 2 atom stereocenters. The maximum Gasteiger partial charge on any atom is 0.250 e. The average molecular weight is 576 g/mol. The highest BCUT2D eigenvalue weighted by Crippen LogP contribution is 2.44. The van der Waals surface area contributed by atoms with Gasteiger partial charge in [0.2, 0.25) is 5.91 Å². The van der Waals surface area contributed by atoms with Gasteiger partial charge in [-0.1, -0.05) is 17.7 Å². The highest BCUT2D eigenvalue weighted by molar-refractivity contribution is 7.80.